The van der Waals surface area contributed by atoms with Gasteiger partial charge in [-0.2, -0.15) is 5.01 Å². The fourth-order valence-corrected chi connectivity index (χ4v) is 6.39. The average Bonchev–Trinajstić information content (AvgIpc) is 3.54. The summed E-state index contributed by atoms with van der Waals surface area (Å²) in [5.74, 6) is 0.149. The Kier molecular flexibility index (Phi) is 12.7. The van der Waals surface area contributed by atoms with E-state index in [-0.39, 0.29) is 31.0 Å². The zero-order valence-electron chi connectivity index (χ0n) is 30.6. The molecule has 5 rings (SSSR count). The van der Waals surface area contributed by atoms with E-state index in [2.05, 4.69) is 10.7 Å². The van der Waals surface area contributed by atoms with Gasteiger partial charge in [0.25, 0.3) is 5.91 Å². The van der Waals surface area contributed by atoms with Gasteiger partial charge in [0.1, 0.15) is 29.7 Å². The number of methoxy groups -OCH3 is 1. The molecule has 2 aliphatic heterocycles. The molecule has 1 aromatic heterocycles. The van der Waals surface area contributed by atoms with Crippen LogP contribution in [0.2, 0.25) is 0 Å². The SMILES string of the molecule is CCOC(=O)C1CCC=CCCCCN(NC(=O)OC(C)(C)C)C(=O)[NH+]2CC(Oc3cc(-c4ccccc4)nc4cc(OC)ccc34)CC2C(=O)N1. The molecule has 4 atom stereocenters. The van der Waals surface area contributed by atoms with Crippen LogP contribution < -0.4 is 25.1 Å². The predicted molar refractivity (Wildman–Crippen MR) is 195 cm³/mol. The van der Waals surface area contributed by atoms with Crippen LogP contribution in [-0.4, -0.2) is 84.6 Å². The van der Waals surface area contributed by atoms with E-state index in [0.29, 0.717) is 42.0 Å². The van der Waals surface area contributed by atoms with Crippen LogP contribution >= 0.6 is 0 Å². The maximum Gasteiger partial charge on any atom is 0.436 e. The van der Waals surface area contributed by atoms with E-state index in [1.807, 2.05) is 66.7 Å². The van der Waals surface area contributed by atoms with Crippen molar-refractivity contribution in [2.45, 2.75) is 90.0 Å². The van der Waals surface area contributed by atoms with Crippen LogP contribution in [0, 0.1) is 0 Å². The monoisotopic (exact) mass is 716 g/mol. The third kappa shape index (κ3) is 9.99. The summed E-state index contributed by atoms with van der Waals surface area (Å²) in [6.45, 7) is 7.41. The van der Waals surface area contributed by atoms with Crippen molar-refractivity contribution >= 4 is 34.9 Å². The second kappa shape index (κ2) is 17.4. The van der Waals surface area contributed by atoms with Gasteiger partial charge in [0, 0.05) is 29.6 Å². The highest BCUT2D eigenvalue weighted by Crippen LogP contribution is 2.33. The minimum atomic E-state index is -0.945. The molecule has 4 amide bonds. The van der Waals surface area contributed by atoms with Crippen molar-refractivity contribution in [2.75, 3.05) is 26.8 Å². The molecule has 4 unspecified atom stereocenters. The molecule has 3 N–H and O–H groups in total. The Morgan fingerprint density at radius 3 is 2.54 bits per heavy atom. The van der Waals surface area contributed by atoms with Crippen LogP contribution in [-0.2, 0) is 19.1 Å². The Labute approximate surface area is 304 Å². The summed E-state index contributed by atoms with van der Waals surface area (Å²) in [5.41, 5.74) is 4.07. The lowest BCUT2D eigenvalue weighted by Gasteiger charge is -2.28. The smallest absolute Gasteiger partial charge is 0.436 e. The molecular weight excluding hydrogens is 666 g/mol. The van der Waals surface area contributed by atoms with Gasteiger partial charge in [-0.05, 0) is 71.9 Å². The van der Waals surface area contributed by atoms with Crippen molar-refractivity contribution in [1.82, 2.24) is 20.7 Å². The van der Waals surface area contributed by atoms with E-state index in [1.165, 1.54) is 5.01 Å². The maximum atomic E-state index is 14.4. The Morgan fingerprint density at radius 2 is 1.81 bits per heavy atom. The molecule has 0 aliphatic carbocycles. The fraction of sp³-hybridized carbons (Fsp3) is 0.462. The molecule has 278 valence electrons. The summed E-state index contributed by atoms with van der Waals surface area (Å²) in [4.78, 5) is 59.6. The van der Waals surface area contributed by atoms with Crippen LogP contribution in [0.3, 0.4) is 0 Å². The lowest BCUT2D eigenvalue weighted by molar-refractivity contribution is -0.824. The number of hydrogen-bond acceptors (Lipinski definition) is 9. The van der Waals surface area contributed by atoms with Crippen molar-refractivity contribution in [3.05, 3.63) is 66.7 Å². The number of hydrogen-bond donors (Lipinski definition) is 3. The largest absolute Gasteiger partial charge is 0.497 e. The molecule has 0 spiro atoms. The molecular formula is C39H50N5O8+. The number of quaternary nitrogens is 1. The molecule has 1 fully saturated rings. The summed E-state index contributed by atoms with van der Waals surface area (Å²) < 4.78 is 22.9. The van der Waals surface area contributed by atoms with Crippen molar-refractivity contribution in [1.29, 1.82) is 0 Å². The Morgan fingerprint density at radius 1 is 1.04 bits per heavy atom. The second-order valence-corrected chi connectivity index (χ2v) is 13.9. The Bertz CT molecular complexity index is 1760. The van der Waals surface area contributed by atoms with Crippen molar-refractivity contribution < 1.29 is 43.0 Å². The molecule has 0 radical (unpaired) electrons. The molecule has 0 saturated carbocycles. The topological polar surface area (TPSA) is 150 Å². The summed E-state index contributed by atoms with van der Waals surface area (Å²) in [6.07, 6.45) is 5.78. The Balaban J connectivity index is 1.50. The van der Waals surface area contributed by atoms with Gasteiger partial charge >= 0.3 is 18.1 Å². The number of amides is 4. The first kappa shape index (κ1) is 38.1. The highest BCUT2D eigenvalue weighted by molar-refractivity contribution is 5.90. The quantitative estimate of drug-likeness (QED) is 0.233. The minimum Gasteiger partial charge on any atom is -0.497 e. The van der Waals surface area contributed by atoms with E-state index < -0.39 is 47.8 Å². The molecule has 2 aliphatic rings. The predicted octanol–water partition coefficient (Wildman–Crippen LogP) is 4.74. The number of ether oxygens (including phenoxy) is 4. The number of urea groups is 1. The molecule has 2 aromatic carbocycles. The van der Waals surface area contributed by atoms with E-state index in [1.54, 1.807) is 34.8 Å². The summed E-state index contributed by atoms with van der Waals surface area (Å²) in [7, 11) is 1.59. The minimum absolute atomic E-state index is 0.107. The van der Waals surface area contributed by atoms with Gasteiger partial charge in [0.15, 0.2) is 12.1 Å². The Hall–Kier alpha value is -5.17. The molecule has 13 nitrogen and oxygen atoms in total. The number of rotatable bonds is 7. The molecule has 3 aromatic rings. The average molecular weight is 717 g/mol. The zero-order chi connectivity index (χ0) is 37.3. The van der Waals surface area contributed by atoms with Gasteiger partial charge in [0.05, 0.1) is 31.3 Å². The van der Waals surface area contributed by atoms with Crippen molar-refractivity contribution in [3.8, 4) is 22.8 Å². The number of carbonyl (C=O) groups is 4. The third-order valence-corrected chi connectivity index (χ3v) is 8.85. The van der Waals surface area contributed by atoms with Gasteiger partial charge in [-0.15, -0.1) is 0 Å². The number of aromatic nitrogens is 1. The number of benzene rings is 2. The fourth-order valence-electron chi connectivity index (χ4n) is 6.39. The second-order valence-electron chi connectivity index (χ2n) is 13.9. The van der Waals surface area contributed by atoms with E-state index in [4.69, 9.17) is 23.9 Å². The molecule has 13 heteroatoms. The van der Waals surface area contributed by atoms with Gasteiger partial charge in [-0.3, -0.25) is 4.79 Å². The molecule has 52 heavy (non-hydrogen) atoms. The first-order chi connectivity index (χ1) is 25.0. The number of pyridine rings is 1. The van der Waals surface area contributed by atoms with E-state index in [0.717, 1.165) is 23.8 Å². The summed E-state index contributed by atoms with van der Waals surface area (Å²) >= 11 is 0. The van der Waals surface area contributed by atoms with Crippen LogP contribution in [0.5, 0.6) is 11.5 Å². The van der Waals surface area contributed by atoms with Crippen molar-refractivity contribution in [2.24, 2.45) is 0 Å². The van der Waals surface area contributed by atoms with Crippen LogP contribution in [0.15, 0.2) is 66.7 Å². The third-order valence-electron chi connectivity index (χ3n) is 8.85. The van der Waals surface area contributed by atoms with Crippen LogP contribution in [0.25, 0.3) is 22.2 Å². The molecule has 3 heterocycles. The summed E-state index contributed by atoms with van der Waals surface area (Å²) in [5, 5.41) is 4.85. The first-order valence-corrected chi connectivity index (χ1v) is 18.0. The standard InChI is InChI=1S/C39H49N5O8/c1-6-50-36(46)30-18-14-9-7-8-10-15-21-44(42-37(47)52-39(2,3)4)38(48)43-25-28(23-33(43)35(45)41-30)51-34-24-31(26-16-12-11-13-17-26)40-32-22-27(49-5)19-20-29(32)34/h7,9,11-13,16-17,19-20,22,24,28,30,33H,6,8,10,14-15,18,21,23,25H2,1-5H3,(H,41,45)(H,42,47)/p+1. The number of allylic oxidation sites excluding steroid dienone is 2. The lowest BCUT2D eigenvalue weighted by Crippen LogP contribution is -3.19. The van der Waals surface area contributed by atoms with Gasteiger partial charge in [-0.25, -0.2) is 29.7 Å². The highest BCUT2D eigenvalue weighted by atomic mass is 16.6. The van der Waals surface area contributed by atoms with Crippen LogP contribution in [0.4, 0.5) is 9.59 Å². The van der Waals surface area contributed by atoms with E-state index in [9.17, 15) is 19.2 Å². The number of nitrogens with one attached hydrogen (secondary N) is 3. The number of hydrazine groups is 1. The lowest BCUT2D eigenvalue weighted by atomic mass is 10.1. The van der Waals surface area contributed by atoms with Gasteiger partial charge in [0.2, 0.25) is 0 Å². The first-order valence-electron chi connectivity index (χ1n) is 18.0. The molecule has 0 bridgehead atoms. The zero-order valence-corrected chi connectivity index (χ0v) is 30.6. The van der Waals surface area contributed by atoms with Gasteiger partial charge in [-0.1, -0.05) is 42.5 Å². The highest BCUT2D eigenvalue weighted by Gasteiger charge is 2.49. The van der Waals surface area contributed by atoms with Crippen LogP contribution in [0.1, 0.15) is 66.2 Å². The molecule has 1 saturated heterocycles. The number of carbonyl (C=O) groups excluding carboxylic acids is 4. The van der Waals surface area contributed by atoms with Gasteiger partial charge < -0.3 is 24.3 Å². The number of nitrogens with zero attached hydrogens (tertiary/aromatic N) is 2. The summed E-state index contributed by atoms with van der Waals surface area (Å²) in [6, 6.07) is 14.7. The van der Waals surface area contributed by atoms with E-state index >= 15 is 0 Å². The number of fused-ring (bicyclic) bond motifs is 2. The maximum absolute atomic E-state index is 14.4. The number of esters is 1. The normalized spacial score (nSPS) is 21.7. The van der Waals surface area contributed by atoms with Crippen molar-refractivity contribution in [3.63, 3.8) is 0 Å².